The van der Waals surface area contributed by atoms with Crippen molar-refractivity contribution in [2.24, 2.45) is 7.05 Å². The number of aromatic hydroxyl groups is 1. The van der Waals surface area contributed by atoms with Crippen molar-refractivity contribution in [2.45, 2.75) is 6.42 Å². The minimum Gasteiger partial charge on any atom is -0.494 e. The van der Waals surface area contributed by atoms with Crippen LogP contribution in [0.4, 0.5) is 0 Å². The normalized spacial score (nSPS) is 10.2. The quantitative estimate of drug-likeness (QED) is 0.847. The number of nitrogens with zero attached hydrogens (tertiary/aromatic N) is 2. The molecule has 2 aromatic rings. The molecule has 0 spiro atoms. The highest BCUT2D eigenvalue weighted by molar-refractivity contribution is 5.95. The molecule has 1 aromatic heterocycles. The Balaban J connectivity index is 1.99. The van der Waals surface area contributed by atoms with Gasteiger partial charge in [-0.05, 0) is 12.0 Å². The molecule has 1 amide bonds. The molecule has 104 valence electrons. The maximum Gasteiger partial charge on any atom is 0.350 e. The molecular weight excluding hydrogens is 258 g/mol. The highest BCUT2D eigenvalue weighted by Gasteiger charge is 2.14. The standard InChI is InChI=1S/C14H15N3O3/c1-17-13(19)11(9-16-14(17)20)12(18)15-8-7-10-5-3-2-4-6-10/h2-6,9,19H,7-8H2,1H3,(H,15,18). The summed E-state index contributed by atoms with van der Waals surface area (Å²) in [5.74, 6) is -0.844. The Kier molecular flexibility index (Phi) is 4.14. The van der Waals surface area contributed by atoms with E-state index in [1.807, 2.05) is 30.3 Å². The van der Waals surface area contributed by atoms with E-state index in [9.17, 15) is 14.7 Å². The van der Waals surface area contributed by atoms with E-state index in [1.165, 1.54) is 7.05 Å². The van der Waals surface area contributed by atoms with E-state index >= 15 is 0 Å². The van der Waals surface area contributed by atoms with Gasteiger partial charge in [-0.2, -0.15) is 0 Å². The van der Waals surface area contributed by atoms with Crippen LogP contribution in [0.3, 0.4) is 0 Å². The first-order valence-corrected chi connectivity index (χ1v) is 6.16. The summed E-state index contributed by atoms with van der Waals surface area (Å²) in [5, 5.41) is 12.4. The number of aromatic nitrogens is 2. The van der Waals surface area contributed by atoms with Crippen molar-refractivity contribution in [2.75, 3.05) is 6.54 Å². The van der Waals surface area contributed by atoms with Crippen LogP contribution in [0.15, 0.2) is 41.3 Å². The maximum absolute atomic E-state index is 11.9. The van der Waals surface area contributed by atoms with E-state index in [0.29, 0.717) is 13.0 Å². The van der Waals surface area contributed by atoms with Crippen LogP contribution in [0, 0.1) is 0 Å². The summed E-state index contributed by atoms with van der Waals surface area (Å²) < 4.78 is 0.923. The molecular formula is C14H15N3O3. The minimum atomic E-state index is -0.608. The van der Waals surface area contributed by atoms with Crippen LogP contribution in [-0.2, 0) is 13.5 Å². The lowest BCUT2D eigenvalue weighted by Crippen LogP contribution is -2.29. The van der Waals surface area contributed by atoms with Crippen LogP contribution in [-0.4, -0.2) is 27.1 Å². The van der Waals surface area contributed by atoms with Crippen molar-refractivity contribution in [3.05, 3.63) is 58.1 Å². The van der Waals surface area contributed by atoms with Crippen molar-refractivity contribution in [3.63, 3.8) is 0 Å². The average molecular weight is 273 g/mol. The molecule has 0 saturated heterocycles. The Morgan fingerprint density at radius 2 is 2.05 bits per heavy atom. The van der Waals surface area contributed by atoms with Gasteiger partial charge in [-0.15, -0.1) is 0 Å². The largest absolute Gasteiger partial charge is 0.494 e. The fourth-order valence-corrected chi connectivity index (χ4v) is 1.76. The topological polar surface area (TPSA) is 84.2 Å². The lowest BCUT2D eigenvalue weighted by Gasteiger charge is -2.08. The SMILES string of the molecule is Cn1c(O)c(C(=O)NCCc2ccccc2)cnc1=O. The molecule has 1 aromatic carbocycles. The first-order chi connectivity index (χ1) is 9.59. The molecule has 0 aliphatic carbocycles. The third kappa shape index (κ3) is 3.03. The summed E-state index contributed by atoms with van der Waals surface area (Å²) in [4.78, 5) is 26.6. The molecule has 1 heterocycles. The first-order valence-electron chi connectivity index (χ1n) is 6.16. The molecule has 0 saturated carbocycles. The van der Waals surface area contributed by atoms with Gasteiger partial charge < -0.3 is 10.4 Å². The highest BCUT2D eigenvalue weighted by atomic mass is 16.3. The zero-order valence-corrected chi connectivity index (χ0v) is 11.0. The molecule has 6 nitrogen and oxygen atoms in total. The molecule has 0 bridgehead atoms. The molecule has 2 N–H and O–H groups in total. The van der Waals surface area contributed by atoms with Crippen molar-refractivity contribution < 1.29 is 9.90 Å². The van der Waals surface area contributed by atoms with Gasteiger partial charge in [-0.3, -0.25) is 9.36 Å². The Morgan fingerprint density at radius 3 is 2.75 bits per heavy atom. The van der Waals surface area contributed by atoms with E-state index < -0.39 is 11.6 Å². The van der Waals surface area contributed by atoms with Crippen LogP contribution in [0.2, 0.25) is 0 Å². The lowest BCUT2D eigenvalue weighted by atomic mass is 10.1. The zero-order valence-electron chi connectivity index (χ0n) is 11.0. The number of benzene rings is 1. The van der Waals surface area contributed by atoms with Gasteiger partial charge in [-0.1, -0.05) is 30.3 Å². The average Bonchev–Trinajstić information content (AvgIpc) is 2.46. The van der Waals surface area contributed by atoms with Gasteiger partial charge in [0.15, 0.2) is 0 Å². The van der Waals surface area contributed by atoms with Crippen LogP contribution in [0.5, 0.6) is 5.88 Å². The van der Waals surface area contributed by atoms with E-state index in [2.05, 4.69) is 10.3 Å². The number of amides is 1. The minimum absolute atomic E-state index is 0.0137. The monoisotopic (exact) mass is 273 g/mol. The summed E-state index contributed by atoms with van der Waals surface area (Å²) >= 11 is 0. The van der Waals surface area contributed by atoms with E-state index in [-0.39, 0.29) is 11.4 Å². The van der Waals surface area contributed by atoms with E-state index in [4.69, 9.17) is 0 Å². The molecule has 0 aliphatic rings. The Labute approximate surface area is 115 Å². The predicted octanol–water partition coefficient (Wildman–Crippen LogP) is 0.458. The van der Waals surface area contributed by atoms with Crippen molar-refractivity contribution in [3.8, 4) is 5.88 Å². The molecule has 20 heavy (non-hydrogen) atoms. The van der Waals surface area contributed by atoms with E-state index in [1.54, 1.807) is 0 Å². The zero-order chi connectivity index (χ0) is 14.5. The fraction of sp³-hybridized carbons (Fsp3) is 0.214. The van der Waals surface area contributed by atoms with Gasteiger partial charge in [-0.25, -0.2) is 9.78 Å². The van der Waals surface area contributed by atoms with Crippen molar-refractivity contribution >= 4 is 5.91 Å². The Bertz CT molecular complexity index is 665. The summed E-state index contributed by atoms with van der Waals surface area (Å²) in [6.45, 7) is 0.436. The molecule has 0 unspecified atom stereocenters. The maximum atomic E-state index is 11.9. The molecule has 0 atom stereocenters. The van der Waals surface area contributed by atoms with Crippen LogP contribution >= 0.6 is 0 Å². The molecule has 0 aliphatic heterocycles. The first kappa shape index (κ1) is 13.8. The van der Waals surface area contributed by atoms with Crippen LogP contribution in [0.1, 0.15) is 15.9 Å². The third-order valence-corrected chi connectivity index (χ3v) is 2.94. The van der Waals surface area contributed by atoms with Crippen molar-refractivity contribution in [1.82, 2.24) is 14.9 Å². The van der Waals surface area contributed by atoms with Crippen LogP contribution in [0.25, 0.3) is 0 Å². The molecule has 6 heteroatoms. The highest BCUT2D eigenvalue weighted by Crippen LogP contribution is 2.11. The van der Waals surface area contributed by atoms with Crippen LogP contribution < -0.4 is 11.0 Å². The Morgan fingerprint density at radius 1 is 1.35 bits per heavy atom. The van der Waals surface area contributed by atoms with E-state index in [0.717, 1.165) is 16.3 Å². The fourth-order valence-electron chi connectivity index (χ4n) is 1.76. The predicted molar refractivity (Wildman–Crippen MR) is 73.6 cm³/mol. The summed E-state index contributed by atoms with van der Waals surface area (Å²) in [6, 6.07) is 9.73. The summed E-state index contributed by atoms with van der Waals surface area (Å²) in [7, 11) is 1.35. The van der Waals surface area contributed by atoms with Gasteiger partial charge in [0.1, 0.15) is 5.56 Å². The smallest absolute Gasteiger partial charge is 0.350 e. The van der Waals surface area contributed by atoms with Gasteiger partial charge in [0.2, 0.25) is 5.88 Å². The van der Waals surface area contributed by atoms with Gasteiger partial charge in [0.25, 0.3) is 5.91 Å². The number of nitrogens with one attached hydrogen (secondary N) is 1. The third-order valence-electron chi connectivity index (χ3n) is 2.94. The van der Waals surface area contributed by atoms with Gasteiger partial charge in [0.05, 0.1) is 6.20 Å². The second-order valence-electron chi connectivity index (χ2n) is 4.33. The number of rotatable bonds is 4. The molecule has 2 rings (SSSR count). The summed E-state index contributed by atoms with van der Waals surface area (Å²) in [5.41, 5.74) is 0.485. The van der Waals surface area contributed by atoms with Gasteiger partial charge in [0, 0.05) is 13.6 Å². The Hall–Kier alpha value is -2.63. The number of hydrogen-bond acceptors (Lipinski definition) is 4. The number of carbonyl (C=O) groups is 1. The molecule has 0 fully saturated rings. The lowest BCUT2D eigenvalue weighted by molar-refractivity contribution is 0.0949. The molecule has 0 radical (unpaired) electrons. The summed E-state index contributed by atoms with van der Waals surface area (Å²) in [6.07, 6.45) is 1.77. The second kappa shape index (κ2) is 6.01. The van der Waals surface area contributed by atoms with Crippen molar-refractivity contribution in [1.29, 1.82) is 0 Å². The number of hydrogen-bond donors (Lipinski definition) is 2. The number of carbonyl (C=O) groups excluding carboxylic acids is 1. The second-order valence-corrected chi connectivity index (χ2v) is 4.33. The van der Waals surface area contributed by atoms with Gasteiger partial charge >= 0.3 is 5.69 Å².